The van der Waals surface area contributed by atoms with E-state index in [0.29, 0.717) is 6.42 Å². The minimum absolute atomic E-state index is 0.199. The van der Waals surface area contributed by atoms with Crippen LogP contribution in [0.15, 0.2) is 64.9 Å². The number of carbonyl (C=O) groups excluding carboxylic acids is 1. The molecule has 0 amide bonds. The molecular weight excluding hydrogens is 414 g/mol. The standard InChI is InChI=1S/C23H22BrN3O/c1-26(2)12-10-21(28)23-16(13-17-14-18(24)7-9-20(17)23)6-8-19-15-27-11-4-3-5-22(27)25-19/h3-9,11,14-15H,10,12-13H2,1-2H3/b8-6+. The van der Waals surface area contributed by atoms with Gasteiger partial charge < -0.3 is 9.30 Å². The Morgan fingerprint density at radius 2 is 2.11 bits per heavy atom. The van der Waals surface area contributed by atoms with Gasteiger partial charge in [0.1, 0.15) is 5.65 Å². The average molecular weight is 436 g/mol. The van der Waals surface area contributed by atoms with Crippen molar-refractivity contribution >= 4 is 39.0 Å². The van der Waals surface area contributed by atoms with E-state index in [1.165, 1.54) is 5.56 Å². The van der Waals surface area contributed by atoms with Crippen LogP contribution in [0, 0.1) is 0 Å². The number of carbonyl (C=O) groups is 1. The number of hydrogen-bond acceptors (Lipinski definition) is 3. The van der Waals surface area contributed by atoms with Gasteiger partial charge in [0.25, 0.3) is 0 Å². The van der Waals surface area contributed by atoms with Crippen molar-refractivity contribution in [3.8, 4) is 0 Å². The Kier molecular flexibility index (Phi) is 5.29. The molecule has 0 radical (unpaired) electrons. The fourth-order valence-electron chi connectivity index (χ4n) is 3.56. The van der Waals surface area contributed by atoms with Gasteiger partial charge in [0.15, 0.2) is 5.78 Å². The highest BCUT2D eigenvalue weighted by Gasteiger charge is 2.25. The second-order valence-corrected chi connectivity index (χ2v) is 8.24. The lowest BCUT2D eigenvalue weighted by Crippen LogP contribution is -2.17. The third kappa shape index (κ3) is 3.86. The van der Waals surface area contributed by atoms with Crippen LogP contribution in [0.1, 0.15) is 23.2 Å². The molecular formula is C23H22BrN3O. The number of ketones is 1. The van der Waals surface area contributed by atoms with E-state index in [1.54, 1.807) is 0 Å². The number of rotatable bonds is 6. The third-order valence-corrected chi connectivity index (χ3v) is 5.43. The van der Waals surface area contributed by atoms with Crippen LogP contribution in [0.2, 0.25) is 0 Å². The lowest BCUT2D eigenvalue weighted by Gasteiger charge is -2.10. The molecule has 0 bridgehead atoms. The highest BCUT2D eigenvalue weighted by Crippen LogP contribution is 2.36. The van der Waals surface area contributed by atoms with E-state index in [9.17, 15) is 4.79 Å². The number of fused-ring (bicyclic) bond motifs is 2. The molecule has 5 heteroatoms. The minimum atomic E-state index is 0.199. The minimum Gasteiger partial charge on any atom is -0.309 e. The predicted octanol–water partition coefficient (Wildman–Crippen LogP) is 4.64. The number of benzene rings is 1. The maximum absolute atomic E-state index is 13.0. The smallest absolute Gasteiger partial charge is 0.165 e. The van der Waals surface area contributed by atoms with Crippen LogP contribution >= 0.6 is 15.9 Å². The highest BCUT2D eigenvalue weighted by atomic mass is 79.9. The van der Waals surface area contributed by atoms with Crippen molar-refractivity contribution in [3.05, 3.63) is 81.7 Å². The van der Waals surface area contributed by atoms with Crippen LogP contribution in [0.4, 0.5) is 0 Å². The molecule has 28 heavy (non-hydrogen) atoms. The van der Waals surface area contributed by atoms with E-state index in [-0.39, 0.29) is 5.78 Å². The Hall–Kier alpha value is -2.50. The Morgan fingerprint density at radius 3 is 2.89 bits per heavy atom. The van der Waals surface area contributed by atoms with E-state index in [2.05, 4.69) is 33.1 Å². The van der Waals surface area contributed by atoms with Crippen molar-refractivity contribution in [1.82, 2.24) is 14.3 Å². The zero-order valence-corrected chi connectivity index (χ0v) is 17.6. The number of allylic oxidation sites excluding steroid dienone is 3. The van der Waals surface area contributed by atoms with Gasteiger partial charge in [-0.25, -0.2) is 4.98 Å². The van der Waals surface area contributed by atoms with Crippen molar-refractivity contribution < 1.29 is 4.79 Å². The summed E-state index contributed by atoms with van der Waals surface area (Å²) < 4.78 is 3.04. The SMILES string of the molecule is CN(C)CCC(=O)C1=C(/C=C/c2cn3ccccc3n2)Cc2cc(Br)ccc21. The molecule has 2 aromatic heterocycles. The summed E-state index contributed by atoms with van der Waals surface area (Å²) in [5.74, 6) is 0.199. The molecule has 4 nitrogen and oxygen atoms in total. The third-order valence-electron chi connectivity index (χ3n) is 4.94. The maximum atomic E-state index is 13.0. The molecule has 0 spiro atoms. The van der Waals surface area contributed by atoms with Crippen LogP contribution in [-0.4, -0.2) is 40.7 Å². The van der Waals surface area contributed by atoms with Crippen molar-refractivity contribution in [3.63, 3.8) is 0 Å². The molecule has 1 aliphatic rings. The summed E-state index contributed by atoms with van der Waals surface area (Å²) in [5.41, 5.74) is 5.96. The fraction of sp³-hybridized carbons (Fsp3) is 0.217. The molecule has 0 atom stereocenters. The molecule has 4 rings (SSSR count). The van der Waals surface area contributed by atoms with Gasteiger partial charge in [0, 0.05) is 35.4 Å². The van der Waals surface area contributed by atoms with Gasteiger partial charge in [-0.1, -0.05) is 34.1 Å². The van der Waals surface area contributed by atoms with Gasteiger partial charge in [0.05, 0.1) is 5.69 Å². The van der Waals surface area contributed by atoms with Crippen LogP contribution in [0.25, 0.3) is 17.3 Å². The lowest BCUT2D eigenvalue weighted by molar-refractivity contribution is -0.114. The quantitative estimate of drug-likeness (QED) is 0.565. The Labute approximate surface area is 173 Å². The van der Waals surface area contributed by atoms with Crippen molar-refractivity contribution in [2.75, 3.05) is 20.6 Å². The van der Waals surface area contributed by atoms with Crippen LogP contribution in [0.3, 0.4) is 0 Å². The topological polar surface area (TPSA) is 37.6 Å². The number of halogens is 1. The molecule has 0 fully saturated rings. The van der Waals surface area contributed by atoms with Gasteiger partial charge in [-0.05, 0) is 67.6 Å². The molecule has 2 heterocycles. The Morgan fingerprint density at radius 1 is 1.25 bits per heavy atom. The summed E-state index contributed by atoms with van der Waals surface area (Å²) in [6.45, 7) is 0.748. The summed E-state index contributed by atoms with van der Waals surface area (Å²) in [6.07, 6.45) is 9.32. The molecule has 0 unspecified atom stereocenters. The van der Waals surface area contributed by atoms with E-state index in [4.69, 9.17) is 0 Å². The van der Waals surface area contributed by atoms with Gasteiger partial charge in [0.2, 0.25) is 0 Å². The first kappa shape index (κ1) is 18.8. The highest BCUT2D eigenvalue weighted by molar-refractivity contribution is 9.10. The van der Waals surface area contributed by atoms with Gasteiger partial charge in [-0.2, -0.15) is 0 Å². The number of nitrogens with zero attached hydrogens (tertiary/aromatic N) is 3. The number of Topliss-reactive ketones (excluding diaryl/α,β-unsaturated/α-hetero) is 1. The lowest BCUT2D eigenvalue weighted by atomic mass is 9.99. The average Bonchev–Trinajstić information content (AvgIpc) is 3.24. The van der Waals surface area contributed by atoms with Crippen molar-refractivity contribution in [2.45, 2.75) is 12.8 Å². The number of hydrogen-bond donors (Lipinski definition) is 0. The largest absolute Gasteiger partial charge is 0.309 e. The van der Waals surface area contributed by atoms with Gasteiger partial charge >= 0.3 is 0 Å². The van der Waals surface area contributed by atoms with Crippen molar-refractivity contribution in [2.24, 2.45) is 0 Å². The van der Waals surface area contributed by atoms with E-state index < -0.39 is 0 Å². The second kappa shape index (κ2) is 7.86. The molecule has 0 N–H and O–H groups in total. The summed E-state index contributed by atoms with van der Waals surface area (Å²) >= 11 is 3.55. The van der Waals surface area contributed by atoms with Crippen LogP contribution in [-0.2, 0) is 11.2 Å². The monoisotopic (exact) mass is 435 g/mol. The van der Waals surface area contributed by atoms with Crippen molar-refractivity contribution in [1.29, 1.82) is 0 Å². The summed E-state index contributed by atoms with van der Waals surface area (Å²) in [5, 5.41) is 0. The maximum Gasteiger partial charge on any atom is 0.165 e. The summed E-state index contributed by atoms with van der Waals surface area (Å²) in [4.78, 5) is 19.7. The predicted molar refractivity (Wildman–Crippen MR) is 117 cm³/mol. The zero-order valence-electron chi connectivity index (χ0n) is 16.0. The van der Waals surface area contributed by atoms with E-state index in [0.717, 1.165) is 45.5 Å². The molecule has 3 aromatic rings. The first-order chi connectivity index (χ1) is 13.5. The van der Waals surface area contributed by atoms with Crippen LogP contribution in [0.5, 0.6) is 0 Å². The van der Waals surface area contributed by atoms with Gasteiger partial charge in [-0.3, -0.25) is 4.79 Å². The van der Waals surface area contributed by atoms with E-state index in [1.807, 2.05) is 72.2 Å². The van der Waals surface area contributed by atoms with E-state index >= 15 is 0 Å². The summed E-state index contributed by atoms with van der Waals surface area (Å²) in [7, 11) is 3.98. The fourth-order valence-corrected chi connectivity index (χ4v) is 3.97. The second-order valence-electron chi connectivity index (χ2n) is 7.32. The Balaban J connectivity index is 1.68. The number of imidazole rings is 1. The molecule has 0 saturated heterocycles. The van der Waals surface area contributed by atoms with Gasteiger partial charge in [-0.15, -0.1) is 0 Å². The molecule has 1 aliphatic carbocycles. The number of pyridine rings is 1. The molecule has 1 aromatic carbocycles. The zero-order chi connectivity index (χ0) is 19.7. The summed E-state index contributed by atoms with van der Waals surface area (Å²) in [6, 6.07) is 12.1. The molecule has 0 aliphatic heterocycles. The first-order valence-electron chi connectivity index (χ1n) is 9.33. The first-order valence-corrected chi connectivity index (χ1v) is 10.1. The Bertz CT molecular complexity index is 1070. The molecule has 142 valence electrons. The molecule has 0 saturated carbocycles. The normalized spacial score (nSPS) is 13.9. The van der Waals surface area contributed by atoms with Crippen LogP contribution < -0.4 is 0 Å². The number of aromatic nitrogens is 2.